The van der Waals surface area contributed by atoms with Crippen LogP contribution in [0, 0.1) is 5.82 Å². The molecule has 0 bridgehead atoms. The molecule has 0 N–H and O–H groups in total. The van der Waals surface area contributed by atoms with Gasteiger partial charge in [-0.25, -0.2) is 4.39 Å². The second kappa shape index (κ2) is 5.76. The predicted molar refractivity (Wildman–Crippen MR) is 83.1 cm³/mol. The van der Waals surface area contributed by atoms with Gasteiger partial charge in [-0.05, 0) is 30.3 Å². The van der Waals surface area contributed by atoms with E-state index in [0.717, 1.165) is 0 Å². The lowest BCUT2D eigenvalue weighted by molar-refractivity contribution is -0.117. The first-order valence-electron chi connectivity index (χ1n) is 7.24. The smallest absolute Gasteiger partial charge is 0.293 e. The maximum absolute atomic E-state index is 14.0. The normalized spacial score (nSPS) is 17.7. The SMILES string of the molecule is O=C1CC(c2noc(-c3ccco3)n2)CN1c1cc(Cl)ccc1F. The lowest BCUT2D eigenvalue weighted by atomic mass is 10.1. The number of aromatic nitrogens is 2. The average Bonchev–Trinajstić information content (AvgIpc) is 3.28. The lowest BCUT2D eigenvalue weighted by Crippen LogP contribution is -2.25. The third kappa shape index (κ3) is 2.56. The van der Waals surface area contributed by atoms with E-state index in [4.69, 9.17) is 20.5 Å². The summed E-state index contributed by atoms with van der Waals surface area (Å²) < 4.78 is 24.4. The Bertz CT molecular complexity index is 894. The van der Waals surface area contributed by atoms with Crippen molar-refractivity contribution >= 4 is 23.2 Å². The molecule has 1 fully saturated rings. The topological polar surface area (TPSA) is 72.4 Å². The molecule has 1 aliphatic heterocycles. The number of carbonyl (C=O) groups is 1. The number of benzene rings is 1. The van der Waals surface area contributed by atoms with Crippen LogP contribution in [0.5, 0.6) is 0 Å². The van der Waals surface area contributed by atoms with E-state index < -0.39 is 5.82 Å². The highest BCUT2D eigenvalue weighted by Crippen LogP contribution is 2.33. The van der Waals surface area contributed by atoms with Crippen molar-refractivity contribution in [3.63, 3.8) is 0 Å². The largest absolute Gasteiger partial charge is 0.459 e. The Morgan fingerprint density at radius 3 is 3.00 bits per heavy atom. The summed E-state index contributed by atoms with van der Waals surface area (Å²) in [6.07, 6.45) is 1.67. The van der Waals surface area contributed by atoms with E-state index in [9.17, 15) is 9.18 Å². The molecule has 1 amide bonds. The number of carbonyl (C=O) groups excluding carboxylic acids is 1. The number of anilines is 1. The minimum atomic E-state index is -0.502. The fourth-order valence-electron chi connectivity index (χ4n) is 2.71. The molecular weight excluding hydrogens is 337 g/mol. The van der Waals surface area contributed by atoms with Gasteiger partial charge in [0.05, 0.1) is 12.0 Å². The van der Waals surface area contributed by atoms with Gasteiger partial charge in [0.1, 0.15) is 5.82 Å². The lowest BCUT2D eigenvalue weighted by Gasteiger charge is -2.17. The minimum Gasteiger partial charge on any atom is -0.459 e. The maximum atomic E-state index is 14.0. The van der Waals surface area contributed by atoms with Gasteiger partial charge in [0, 0.05) is 23.9 Å². The van der Waals surface area contributed by atoms with E-state index in [-0.39, 0.29) is 36.4 Å². The number of amides is 1. The van der Waals surface area contributed by atoms with Crippen LogP contribution in [0.3, 0.4) is 0 Å². The van der Waals surface area contributed by atoms with Crippen molar-refractivity contribution in [2.45, 2.75) is 12.3 Å². The van der Waals surface area contributed by atoms with Crippen LogP contribution in [-0.2, 0) is 4.79 Å². The van der Waals surface area contributed by atoms with E-state index >= 15 is 0 Å². The quantitative estimate of drug-likeness (QED) is 0.723. The first-order chi connectivity index (χ1) is 11.6. The molecule has 2 aromatic heterocycles. The Balaban J connectivity index is 1.59. The van der Waals surface area contributed by atoms with E-state index in [2.05, 4.69) is 10.1 Å². The van der Waals surface area contributed by atoms with Crippen molar-refractivity contribution in [3.05, 3.63) is 53.3 Å². The third-order valence-corrected chi connectivity index (χ3v) is 4.10. The molecule has 1 aliphatic rings. The van der Waals surface area contributed by atoms with Crippen molar-refractivity contribution in [1.29, 1.82) is 0 Å². The second-order valence-corrected chi connectivity index (χ2v) is 5.87. The number of furan rings is 1. The fourth-order valence-corrected chi connectivity index (χ4v) is 2.87. The van der Waals surface area contributed by atoms with Crippen molar-refractivity contribution in [3.8, 4) is 11.7 Å². The van der Waals surface area contributed by atoms with Gasteiger partial charge in [-0.1, -0.05) is 16.8 Å². The molecule has 1 saturated heterocycles. The zero-order valence-corrected chi connectivity index (χ0v) is 13.0. The molecule has 1 unspecified atom stereocenters. The van der Waals surface area contributed by atoms with Crippen LogP contribution in [0.15, 0.2) is 45.5 Å². The molecule has 1 atom stereocenters. The Morgan fingerprint density at radius 1 is 1.33 bits per heavy atom. The maximum Gasteiger partial charge on any atom is 0.293 e. The van der Waals surface area contributed by atoms with Gasteiger partial charge >= 0.3 is 0 Å². The molecule has 0 spiro atoms. The minimum absolute atomic E-state index is 0.157. The van der Waals surface area contributed by atoms with E-state index in [1.807, 2.05) is 0 Å². The monoisotopic (exact) mass is 347 g/mol. The van der Waals surface area contributed by atoms with Crippen molar-refractivity contribution < 1.29 is 18.1 Å². The van der Waals surface area contributed by atoms with Crippen LogP contribution in [0.25, 0.3) is 11.7 Å². The molecule has 122 valence electrons. The first-order valence-corrected chi connectivity index (χ1v) is 7.62. The second-order valence-electron chi connectivity index (χ2n) is 5.44. The molecule has 3 heterocycles. The molecule has 0 saturated carbocycles. The summed E-state index contributed by atoms with van der Waals surface area (Å²) >= 11 is 5.90. The summed E-state index contributed by atoms with van der Waals surface area (Å²) in [6, 6.07) is 7.52. The molecular formula is C16H11ClFN3O3. The molecule has 4 rings (SSSR count). The van der Waals surface area contributed by atoms with Gasteiger partial charge in [0.2, 0.25) is 5.91 Å². The van der Waals surface area contributed by atoms with Gasteiger partial charge in [0.25, 0.3) is 5.89 Å². The average molecular weight is 348 g/mol. The molecule has 0 radical (unpaired) electrons. The number of halogens is 2. The van der Waals surface area contributed by atoms with Crippen LogP contribution in [-0.4, -0.2) is 22.6 Å². The van der Waals surface area contributed by atoms with Gasteiger partial charge in [0.15, 0.2) is 11.6 Å². The Hall–Kier alpha value is -2.67. The first kappa shape index (κ1) is 14.9. The number of nitrogens with zero attached hydrogens (tertiary/aromatic N) is 3. The third-order valence-electron chi connectivity index (χ3n) is 3.86. The standard InChI is InChI=1S/C16H11ClFN3O3/c17-10-3-4-11(18)12(7-10)21-8-9(6-14(21)22)15-19-16(24-20-15)13-2-1-5-23-13/h1-5,7,9H,6,8H2. The number of rotatable bonds is 3. The Kier molecular flexibility index (Phi) is 3.57. The van der Waals surface area contributed by atoms with Crippen LogP contribution >= 0.6 is 11.6 Å². The highest BCUT2D eigenvalue weighted by molar-refractivity contribution is 6.31. The molecule has 3 aromatic rings. The van der Waals surface area contributed by atoms with E-state index in [1.165, 1.54) is 29.4 Å². The molecule has 0 aliphatic carbocycles. The molecule has 6 nitrogen and oxygen atoms in total. The summed E-state index contributed by atoms with van der Waals surface area (Å²) in [7, 11) is 0. The molecule has 1 aromatic carbocycles. The number of hydrogen-bond donors (Lipinski definition) is 0. The van der Waals surface area contributed by atoms with Crippen LogP contribution < -0.4 is 4.90 Å². The summed E-state index contributed by atoms with van der Waals surface area (Å²) in [6.45, 7) is 0.257. The zero-order chi connectivity index (χ0) is 16.7. The summed E-state index contributed by atoms with van der Waals surface area (Å²) in [5.74, 6) is 0.0805. The molecule has 24 heavy (non-hydrogen) atoms. The zero-order valence-electron chi connectivity index (χ0n) is 12.3. The number of hydrogen-bond acceptors (Lipinski definition) is 5. The van der Waals surface area contributed by atoms with Gasteiger partial charge in [-0.2, -0.15) is 4.98 Å². The van der Waals surface area contributed by atoms with E-state index in [1.54, 1.807) is 12.1 Å². The van der Waals surface area contributed by atoms with E-state index in [0.29, 0.717) is 16.6 Å². The Labute approximate surface area is 140 Å². The fraction of sp³-hybridized carbons (Fsp3) is 0.188. The highest BCUT2D eigenvalue weighted by Gasteiger charge is 2.36. The predicted octanol–water partition coefficient (Wildman–Crippen LogP) is 3.64. The van der Waals surface area contributed by atoms with Gasteiger partial charge in [-0.3, -0.25) is 4.79 Å². The summed E-state index contributed by atoms with van der Waals surface area (Å²) in [5.41, 5.74) is 0.157. The van der Waals surface area contributed by atoms with Crippen molar-refractivity contribution in [2.75, 3.05) is 11.4 Å². The highest BCUT2D eigenvalue weighted by atomic mass is 35.5. The van der Waals surface area contributed by atoms with Crippen molar-refractivity contribution in [2.24, 2.45) is 0 Å². The summed E-state index contributed by atoms with van der Waals surface area (Å²) in [4.78, 5) is 17.9. The Morgan fingerprint density at radius 2 is 2.21 bits per heavy atom. The van der Waals surface area contributed by atoms with Crippen molar-refractivity contribution in [1.82, 2.24) is 10.1 Å². The van der Waals surface area contributed by atoms with Crippen LogP contribution in [0.2, 0.25) is 5.02 Å². The van der Waals surface area contributed by atoms with Crippen LogP contribution in [0.4, 0.5) is 10.1 Å². The summed E-state index contributed by atoms with van der Waals surface area (Å²) in [5, 5.41) is 4.28. The van der Waals surface area contributed by atoms with Crippen LogP contribution in [0.1, 0.15) is 18.2 Å². The van der Waals surface area contributed by atoms with Gasteiger partial charge in [-0.15, -0.1) is 0 Å². The molecule has 8 heteroatoms. The van der Waals surface area contributed by atoms with Gasteiger partial charge < -0.3 is 13.8 Å².